The standard InChI is InChI=1S/C30H25FN8O6S2/c1-18-12-22(37-36-21-6-4-3-5-7-21)9-8-20(18)13-29-32-19(2)33-30(35-29)34-28-11-10-23(16-27(28)31)38-39-24-14-25(46(40,41)42)17-26(15-24)47(43,44)45/h3-12,14-17H,13H2,1-2H3,(H,40,41,42)(H,43,44,45)(H,32,33,34,35). The number of azo groups is 2. The average molecular weight is 677 g/mol. The first-order valence-corrected chi connectivity index (χ1v) is 16.5. The Kier molecular flexibility index (Phi) is 9.52. The van der Waals surface area contributed by atoms with Crippen LogP contribution in [0.5, 0.6) is 0 Å². The fraction of sp³-hybridized carbons (Fsp3) is 0.100. The van der Waals surface area contributed by atoms with Crippen molar-refractivity contribution in [2.24, 2.45) is 20.5 Å². The summed E-state index contributed by atoms with van der Waals surface area (Å²) >= 11 is 0. The molecule has 0 saturated heterocycles. The van der Waals surface area contributed by atoms with Crippen molar-refractivity contribution in [2.45, 2.75) is 30.1 Å². The van der Waals surface area contributed by atoms with Crippen LogP contribution >= 0.6 is 0 Å². The van der Waals surface area contributed by atoms with Crippen LogP contribution in [0.2, 0.25) is 0 Å². The summed E-state index contributed by atoms with van der Waals surface area (Å²) in [6.07, 6.45) is 0.375. The van der Waals surface area contributed by atoms with Gasteiger partial charge in [0.25, 0.3) is 20.2 Å². The first-order chi connectivity index (χ1) is 22.2. The van der Waals surface area contributed by atoms with E-state index in [4.69, 9.17) is 0 Å². The molecular weight excluding hydrogens is 652 g/mol. The Bertz CT molecular complexity index is 2200. The van der Waals surface area contributed by atoms with Crippen molar-refractivity contribution in [1.82, 2.24) is 15.0 Å². The van der Waals surface area contributed by atoms with E-state index in [0.29, 0.717) is 29.8 Å². The number of halogens is 1. The Labute approximate surface area is 268 Å². The molecule has 0 radical (unpaired) electrons. The third-order valence-electron chi connectivity index (χ3n) is 6.45. The largest absolute Gasteiger partial charge is 0.322 e. The quantitative estimate of drug-likeness (QED) is 0.0993. The van der Waals surface area contributed by atoms with E-state index >= 15 is 4.39 Å². The van der Waals surface area contributed by atoms with Gasteiger partial charge in [-0.15, -0.1) is 0 Å². The maximum Gasteiger partial charge on any atom is 0.294 e. The number of benzene rings is 4. The van der Waals surface area contributed by atoms with Gasteiger partial charge in [-0.05, 0) is 79.6 Å². The molecule has 4 aromatic carbocycles. The summed E-state index contributed by atoms with van der Waals surface area (Å²) in [7, 11) is -9.68. The third-order valence-corrected chi connectivity index (χ3v) is 8.11. The first-order valence-electron chi connectivity index (χ1n) is 13.6. The monoisotopic (exact) mass is 676 g/mol. The summed E-state index contributed by atoms with van der Waals surface area (Å²) in [5, 5.41) is 18.9. The Morgan fingerprint density at radius 3 is 1.89 bits per heavy atom. The van der Waals surface area contributed by atoms with Gasteiger partial charge in [-0.25, -0.2) is 9.37 Å². The summed E-state index contributed by atoms with van der Waals surface area (Å²) in [5.41, 5.74) is 2.98. The Morgan fingerprint density at radius 1 is 0.681 bits per heavy atom. The molecule has 0 fully saturated rings. The molecule has 3 N–H and O–H groups in total. The lowest BCUT2D eigenvalue weighted by Gasteiger charge is -2.10. The molecule has 0 bridgehead atoms. The average Bonchev–Trinajstić information content (AvgIpc) is 3.01. The van der Waals surface area contributed by atoms with E-state index < -0.39 is 35.8 Å². The molecule has 0 aliphatic heterocycles. The van der Waals surface area contributed by atoms with Crippen LogP contribution in [0.15, 0.2) is 115 Å². The van der Waals surface area contributed by atoms with E-state index in [1.165, 1.54) is 12.1 Å². The van der Waals surface area contributed by atoms with Crippen molar-refractivity contribution in [3.8, 4) is 0 Å². The summed E-state index contributed by atoms with van der Waals surface area (Å²) in [6, 6.07) is 21.0. The minimum absolute atomic E-state index is 0.00634. The van der Waals surface area contributed by atoms with Crippen LogP contribution in [0.3, 0.4) is 0 Å². The van der Waals surface area contributed by atoms with Gasteiger partial charge in [0.1, 0.15) is 17.5 Å². The van der Waals surface area contributed by atoms with Gasteiger partial charge in [-0.2, -0.15) is 47.3 Å². The maximum absolute atomic E-state index is 15.0. The third kappa shape index (κ3) is 8.88. The zero-order chi connectivity index (χ0) is 33.8. The predicted octanol–water partition coefficient (Wildman–Crippen LogP) is 7.29. The molecule has 0 spiro atoms. The molecule has 47 heavy (non-hydrogen) atoms. The van der Waals surface area contributed by atoms with Crippen molar-refractivity contribution >= 4 is 54.6 Å². The Balaban J connectivity index is 1.31. The van der Waals surface area contributed by atoms with Gasteiger partial charge in [0.2, 0.25) is 5.95 Å². The minimum atomic E-state index is -4.84. The van der Waals surface area contributed by atoms with Gasteiger partial charge in [0.15, 0.2) is 0 Å². The topological polar surface area (TPSA) is 209 Å². The van der Waals surface area contributed by atoms with Crippen LogP contribution in [0.4, 0.5) is 38.8 Å². The maximum atomic E-state index is 15.0. The van der Waals surface area contributed by atoms with Crippen molar-refractivity contribution in [3.63, 3.8) is 0 Å². The van der Waals surface area contributed by atoms with Gasteiger partial charge in [0.05, 0.1) is 38.2 Å². The molecule has 0 amide bonds. The lowest BCUT2D eigenvalue weighted by Crippen LogP contribution is -2.07. The number of aromatic nitrogens is 3. The van der Waals surface area contributed by atoms with Gasteiger partial charge >= 0.3 is 0 Å². The lowest BCUT2D eigenvalue weighted by molar-refractivity contribution is 0.481. The van der Waals surface area contributed by atoms with Gasteiger partial charge in [-0.1, -0.05) is 24.3 Å². The number of hydrogen-bond acceptors (Lipinski definition) is 12. The van der Waals surface area contributed by atoms with Gasteiger partial charge < -0.3 is 5.32 Å². The molecule has 0 aliphatic rings. The summed E-state index contributed by atoms with van der Waals surface area (Å²) in [6.45, 7) is 3.62. The highest BCUT2D eigenvalue weighted by Crippen LogP contribution is 2.28. The fourth-order valence-electron chi connectivity index (χ4n) is 4.21. The van der Waals surface area contributed by atoms with Crippen molar-refractivity contribution in [2.75, 3.05) is 5.32 Å². The highest BCUT2D eigenvalue weighted by atomic mass is 32.2. The van der Waals surface area contributed by atoms with Crippen LogP contribution in [-0.4, -0.2) is 40.9 Å². The van der Waals surface area contributed by atoms with Crippen LogP contribution in [0.1, 0.15) is 22.8 Å². The SMILES string of the molecule is Cc1nc(Cc2ccc(N=Nc3ccccc3)cc2C)nc(Nc2ccc(N=Nc3cc(S(=O)(=O)O)cc(S(=O)(=O)O)c3)cc2F)n1. The van der Waals surface area contributed by atoms with Crippen LogP contribution in [0, 0.1) is 19.7 Å². The van der Waals surface area contributed by atoms with Gasteiger partial charge in [0, 0.05) is 12.5 Å². The van der Waals surface area contributed by atoms with Crippen molar-refractivity contribution in [1.29, 1.82) is 0 Å². The second-order valence-electron chi connectivity index (χ2n) is 10.0. The highest BCUT2D eigenvalue weighted by molar-refractivity contribution is 7.86. The highest BCUT2D eigenvalue weighted by Gasteiger charge is 2.18. The summed E-state index contributed by atoms with van der Waals surface area (Å²) in [4.78, 5) is 11.4. The molecule has 1 heterocycles. The normalized spacial score (nSPS) is 12.2. The second-order valence-corrected chi connectivity index (χ2v) is 12.9. The molecule has 0 aliphatic carbocycles. The molecule has 0 saturated carbocycles. The van der Waals surface area contributed by atoms with Crippen LogP contribution in [0.25, 0.3) is 0 Å². The zero-order valence-corrected chi connectivity index (χ0v) is 26.3. The Morgan fingerprint density at radius 2 is 1.28 bits per heavy atom. The molecule has 240 valence electrons. The minimum Gasteiger partial charge on any atom is -0.322 e. The number of nitrogens with one attached hydrogen (secondary N) is 1. The smallest absolute Gasteiger partial charge is 0.294 e. The van der Waals surface area contributed by atoms with E-state index in [1.54, 1.807) is 6.92 Å². The summed E-state index contributed by atoms with van der Waals surface area (Å²) < 4.78 is 79.7. The number of anilines is 2. The predicted molar refractivity (Wildman–Crippen MR) is 169 cm³/mol. The molecule has 5 rings (SSSR count). The molecule has 0 atom stereocenters. The molecule has 17 heteroatoms. The lowest BCUT2D eigenvalue weighted by atomic mass is 10.0. The van der Waals surface area contributed by atoms with E-state index in [1.807, 2.05) is 55.5 Å². The number of rotatable bonds is 10. The van der Waals surface area contributed by atoms with E-state index in [9.17, 15) is 25.9 Å². The number of aryl methyl sites for hydroxylation is 2. The van der Waals surface area contributed by atoms with Gasteiger partial charge in [-0.3, -0.25) is 9.11 Å². The van der Waals surface area contributed by atoms with Crippen molar-refractivity contribution < 1.29 is 30.3 Å². The molecule has 14 nitrogen and oxygen atoms in total. The fourth-order valence-corrected chi connectivity index (χ4v) is 5.37. The second kappa shape index (κ2) is 13.6. The Hall–Kier alpha value is -5.36. The van der Waals surface area contributed by atoms with Crippen LogP contribution < -0.4 is 5.32 Å². The summed E-state index contributed by atoms with van der Waals surface area (Å²) in [5.74, 6) is 0.198. The van der Waals surface area contributed by atoms with Crippen molar-refractivity contribution in [3.05, 3.63) is 114 Å². The molecule has 1 aromatic heterocycles. The number of hydrogen-bond donors (Lipinski definition) is 3. The molecular formula is C30H25FN8O6S2. The van der Waals surface area contributed by atoms with Crippen LogP contribution in [-0.2, 0) is 26.7 Å². The zero-order valence-electron chi connectivity index (χ0n) is 24.6. The van der Waals surface area contributed by atoms with E-state index in [0.717, 1.165) is 35.0 Å². The molecule has 0 unspecified atom stereocenters. The van der Waals surface area contributed by atoms with E-state index in [2.05, 4.69) is 40.7 Å². The van der Waals surface area contributed by atoms with E-state index in [-0.39, 0.29) is 23.0 Å². The molecule has 5 aromatic rings. The number of nitrogens with zero attached hydrogens (tertiary/aromatic N) is 7. The first kappa shape index (κ1) is 33.0.